The van der Waals surface area contributed by atoms with Crippen LogP contribution in [0.3, 0.4) is 0 Å². The van der Waals surface area contributed by atoms with Crippen LogP contribution in [0.1, 0.15) is 168 Å². The van der Waals surface area contributed by atoms with Crippen LogP contribution in [-0.2, 0) is 66.9 Å². The average molecular weight is 1920 g/mol. The second-order valence-electron chi connectivity index (χ2n) is 39.6. The number of aromatic nitrogens is 5. The Morgan fingerprint density at radius 1 is 0.298 bits per heavy atom. The number of rotatable bonds is 43. The molecular formula is C124H142N10O5S2. The summed E-state index contributed by atoms with van der Waals surface area (Å²) in [5.41, 5.74) is 16.5. The second kappa shape index (κ2) is 48.6. The number of likely N-dealkylation sites (N-methyl/N-ethyl adjacent to an activating group) is 3. The first kappa shape index (κ1) is 102. The SMILES string of the molecule is CCN[C@@H](Cc1c[nH]c2ccccc12)C(=O)[C@@H](S)[C@H](C)S.CCN[C@@H](Cc1c[nH]c2ccccc12)C(=O)[C@H]([C@@H](C)C(c1ccccc1)(c1ccccc1)c1ccccc1)C(c1ccccc1)(c1ccccc1)c1ccccc1.CCN[C@@H](Cc1c[nH]c2ccccc12)C(=O)[C@H]1CC[C@H]1C.C[C@@H]1CC[C@@H]1C(=O)[C@H](Cc1c[nH]c2ccccc12)NCCCCN[C@@H](Cc1c[nH]c2ccccc12)C(=O)[C@@H]1CC[C@@H]1C. The van der Waals surface area contributed by atoms with E-state index < -0.39 is 22.8 Å². The lowest BCUT2D eigenvalue weighted by atomic mass is 9.49. The number of Topliss-reactive ketones (excluding diaryl/α,β-unsaturated/α-hetero) is 5. The molecule has 0 amide bonds. The van der Waals surface area contributed by atoms with Crippen molar-refractivity contribution < 1.29 is 24.0 Å². The lowest BCUT2D eigenvalue weighted by Gasteiger charge is -2.52. The number of aromatic amines is 5. The molecule has 3 fully saturated rings. The molecule has 11 aromatic carbocycles. The maximum absolute atomic E-state index is 16.8. The number of unbranched alkanes of at least 4 members (excludes halogenated alkanes) is 1. The van der Waals surface area contributed by atoms with Gasteiger partial charge in [-0.05, 0) is 231 Å². The van der Waals surface area contributed by atoms with Crippen LogP contribution in [0.5, 0.6) is 0 Å². The predicted molar refractivity (Wildman–Crippen MR) is 588 cm³/mol. The molecule has 5 heterocycles. The lowest BCUT2D eigenvalue weighted by Crippen LogP contribution is -2.56. The first-order valence-electron chi connectivity index (χ1n) is 51.6. The maximum Gasteiger partial charge on any atom is 0.163 e. The van der Waals surface area contributed by atoms with Crippen molar-refractivity contribution in [2.24, 2.45) is 47.3 Å². The minimum atomic E-state index is -0.905. The maximum atomic E-state index is 16.8. The van der Waals surface area contributed by atoms with E-state index in [0.29, 0.717) is 67.3 Å². The smallest absolute Gasteiger partial charge is 0.163 e. The van der Waals surface area contributed by atoms with Gasteiger partial charge in [0.2, 0.25) is 0 Å². The zero-order chi connectivity index (χ0) is 98.4. The fourth-order valence-electron chi connectivity index (χ4n) is 22.8. The number of nitrogens with one attached hydrogen (secondary N) is 10. The summed E-state index contributed by atoms with van der Waals surface area (Å²) in [5.74, 6) is 2.68. The number of para-hydroxylation sites is 5. The minimum absolute atomic E-state index is 0.0537. The zero-order valence-electron chi connectivity index (χ0n) is 83.1. The standard InChI is InChI=1S/C54H50N2O.C36H46N4O2.C18H24N2O.C16H22N2OS2/c1-3-55-50(38-41-39-56-49-37-23-22-36-48(41)49)52(57)51(54(45-30-16-7-17-31-45,46-32-18-8-19-33-46)47-34-20-9-21-35-47)40(2)53(42-24-10-4-11-25-42,43-26-12-5-13-27-43)44-28-14-6-15-29-44;1-23-13-15-27(23)35(41)33(19-25-21-39-31-11-5-3-9-29(25)31)37-17-7-8-18-38-34(36(42)28-16-14-24(28)2)20-26-22-40-32-12-6-4-10-30(26)32;1-3-19-17(18(21)14-9-8-12(14)2)10-13-11-20-16-7-5-4-6-15(13)16;1-3-17-14(15(19)16(21)10(2)20)8-11-9-18-13-7-5-4-6-12(11)13/h4-37,39-40,50-51,55-56H,3,38H2,1-2H3;3-6,9-12,21-24,27-28,33-34,37-40H,7-8,13-20H2,1-2H3;4-7,11-12,14,17,19-20H,3,8-10H2,1-2H3;4-7,9-10,14,16-18,20-21H,3,8H2,1-2H3/t40-,50+,51+;23-,24+,27+,28-,33-,34-;12-,14+,17+;10-,14-,16-/m1010/s1. The van der Waals surface area contributed by atoms with Gasteiger partial charge in [-0.1, -0.05) is 328 Å². The molecule has 15 nitrogen and oxygen atoms in total. The summed E-state index contributed by atoms with van der Waals surface area (Å²) in [7, 11) is 0. The number of fused-ring (bicyclic) bond motifs is 5. The first-order valence-corrected chi connectivity index (χ1v) is 52.7. The van der Waals surface area contributed by atoms with E-state index in [9.17, 15) is 19.2 Å². The van der Waals surface area contributed by atoms with E-state index in [0.717, 1.165) is 155 Å². The van der Waals surface area contributed by atoms with Gasteiger partial charge in [-0.2, -0.15) is 25.3 Å². The largest absolute Gasteiger partial charge is 0.361 e. The van der Waals surface area contributed by atoms with Gasteiger partial charge in [-0.25, -0.2) is 0 Å². The van der Waals surface area contributed by atoms with Gasteiger partial charge in [-0.3, -0.25) is 24.0 Å². The third kappa shape index (κ3) is 23.0. The van der Waals surface area contributed by atoms with Crippen molar-refractivity contribution in [1.82, 2.24) is 51.5 Å². The number of ketones is 5. The number of carbonyl (C=O) groups is 5. The molecule has 3 saturated carbocycles. The highest BCUT2D eigenvalue weighted by Gasteiger charge is 2.57. The van der Waals surface area contributed by atoms with E-state index >= 15 is 4.79 Å². The Labute approximate surface area is 844 Å². The fourth-order valence-corrected chi connectivity index (χ4v) is 23.2. The Kier molecular flexibility index (Phi) is 35.1. The molecule has 16 aromatic rings. The highest BCUT2D eigenvalue weighted by Crippen LogP contribution is 2.57. The van der Waals surface area contributed by atoms with Crippen LogP contribution in [0.15, 0.2) is 334 Å². The fraction of sp³-hybridized carbons (Fsp3) is 0.347. The Bertz CT molecular complexity index is 6300. The highest BCUT2D eigenvalue weighted by atomic mass is 32.1. The van der Waals surface area contributed by atoms with Crippen LogP contribution in [0.25, 0.3) is 54.5 Å². The van der Waals surface area contributed by atoms with Gasteiger partial charge in [-0.15, -0.1) is 0 Å². The third-order valence-electron chi connectivity index (χ3n) is 31.0. The molecule has 0 aliphatic heterocycles. The van der Waals surface area contributed by atoms with Crippen molar-refractivity contribution in [3.63, 3.8) is 0 Å². The normalized spacial score (nSPS) is 18.2. The molecule has 10 N–H and O–H groups in total. The van der Waals surface area contributed by atoms with Gasteiger partial charge < -0.3 is 51.5 Å². The van der Waals surface area contributed by atoms with Gasteiger partial charge in [0, 0.05) is 120 Å². The number of carbonyl (C=O) groups excluding carboxylic acids is 5. The summed E-state index contributed by atoms with van der Waals surface area (Å²) in [6.07, 6.45) is 22.2. The molecule has 17 heteroatoms. The summed E-state index contributed by atoms with van der Waals surface area (Å²) >= 11 is 8.74. The molecule has 3 aliphatic carbocycles. The van der Waals surface area contributed by atoms with Gasteiger partial charge in [0.25, 0.3) is 0 Å². The summed E-state index contributed by atoms with van der Waals surface area (Å²) in [6.45, 7) is 20.8. The summed E-state index contributed by atoms with van der Waals surface area (Å²) in [5, 5.41) is 23.2. The van der Waals surface area contributed by atoms with E-state index in [4.69, 9.17) is 0 Å². The van der Waals surface area contributed by atoms with Crippen LogP contribution < -0.4 is 26.6 Å². The quantitative estimate of drug-likeness (QED) is 0.00984. The Morgan fingerprint density at radius 2 is 0.525 bits per heavy atom. The van der Waals surface area contributed by atoms with Crippen molar-refractivity contribution in [1.29, 1.82) is 0 Å². The van der Waals surface area contributed by atoms with Crippen molar-refractivity contribution >= 4 is 109 Å². The number of H-pyrrole nitrogens is 5. The third-order valence-corrected chi connectivity index (χ3v) is 32.2. The van der Waals surface area contributed by atoms with E-state index in [1.807, 2.05) is 62.6 Å². The second-order valence-corrected chi connectivity index (χ2v) is 41.0. The average Bonchev–Trinajstić information content (AvgIpc) is 1.69. The number of thiol groups is 2. The Balaban J connectivity index is 0.000000148. The van der Waals surface area contributed by atoms with Crippen molar-refractivity contribution in [3.05, 3.63) is 396 Å². The molecule has 0 bridgehead atoms. The topological polar surface area (TPSA) is 224 Å². The highest BCUT2D eigenvalue weighted by molar-refractivity contribution is 7.85. The van der Waals surface area contributed by atoms with Crippen molar-refractivity contribution in [2.75, 3.05) is 32.7 Å². The van der Waals surface area contributed by atoms with Gasteiger partial charge in [0.1, 0.15) is 0 Å². The molecule has 5 aromatic heterocycles. The lowest BCUT2D eigenvalue weighted by molar-refractivity contribution is -0.130. The van der Waals surface area contributed by atoms with Gasteiger partial charge in [0.15, 0.2) is 28.9 Å². The van der Waals surface area contributed by atoms with Crippen LogP contribution in [0.2, 0.25) is 0 Å². The Hall–Kier alpha value is -12.0. The molecule has 0 radical (unpaired) electrons. The summed E-state index contributed by atoms with van der Waals surface area (Å²) in [6, 6.07) is 105. The molecule has 0 unspecified atom stereocenters. The van der Waals surface area contributed by atoms with E-state index in [1.165, 1.54) is 44.7 Å². The number of hydrogen-bond acceptors (Lipinski definition) is 12. The molecule has 730 valence electrons. The monoisotopic (exact) mass is 1920 g/mol. The van der Waals surface area contributed by atoms with Crippen molar-refractivity contribution in [2.45, 2.75) is 190 Å². The minimum Gasteiger partial charge on any atom is -0.361 e. The van der Waals surface area contributed by atoms with Crippen LogP contribution >= 0.6 is 25.3 Å². The molecule has 0 saturated heterocycles. The predicted octanol–water partition coefficient (Wildman–Crippen LogP) is 24.1. The van der Waals surface area contributed by atoms with Gasteiger partial charge in [0.05, 0.1) is 40.9 Å². The van der Waals surface area contributed by atoms with Crippen molar-refractivity contribution in [3.8, 4) is 0 Å². The summed E-state index contributed by atoms with van der Waals surface area (Å²) in [4.78, 5) is 85.9. The van der Waals surface area contributed by atoms with Crippen LogP contribution in [0, 0.1) is 47.3 Å². The number of benzene rings is 11. The Morgan fingerprint density at radius 3 is 0.766 bits per heavy atom. The van der Waals surface area contributed by atoms with E-state index in [1.54, 1.807) is 0 Å². The molecular weight excluding hydrogens is 1770 g/mol. The summed E-state index contributed by atoms with van der Waals surface area (Å²) < 4.78 is 0. The molecule has 19 rings (SSSR count). The molecule has 3 aliphatic rings. The van der Waals surface area contributed by atoms with Crippen LogP contribution in [-0.4, -0.2) is 127 Å². The van der Waals surface area contributed by atoms with Crippen LogP contribution in [0.4, 0.5) is 0 Å². The molecule has 0 spiro atoms. The van der Waals surface area contributed by atoms with E-state index in [-0.39, 0.29) is 69.9 Å². The van der Waals surface area contributed by atoms with E-state index in [2.05, 4.69) is 404 Å². The zero-order valence-corrected chi connectivity index (χ0v) is 84.9. The number of hydrogen-bond donors (Lipinski definition) is 12. The first-order chi connectivity index (χ1) is 68.8. The molecule has 141 heavy (non-hydrogen) atoms. The van der Waals surface area contributed by atoms with Gasteiger partial charge >= 0.3 is 0 Å². The molecule has 15 atom stereocenters.